The van der Waals surface area contributed by atoms with Gasteiger partial charge in [-0.2, -0.15) is 0 Å². The predicted octanol–water partition coefficient (Wildman–Crippen LogP) is 3.11. The van der Waals surface area contributed by atoms with Crippen molar-refractivity contribution in [2.75, 3.05) is 5.32 Å². The quantitative estimate of drug-likeness (QED) is 0.897. The van der Waals surface area contributed by atoms with Crippen LogP contribution >= 0.6 is 0 Å². The minimum absolute atomic E-state index is 0.158. The number of hydrogen-bond acceptors (Lipinski definition) is 2. The van der Waals surface area contributed by atoms with Crippen molar-refractivity contribution in [3.8, 4) is 0 Å². The molecule has 4 rings (SSSR count). The average Bonchev–Trinajstić information content (AvgIpc) is 2.96. The molecule has 22 heavy (non-hydrogen) atoms. The van der Waals surface area contributed by atoms with Gasteiger partial charge >= 0.3 is 5.97 Å². The molecule has 4 nitrogen and oxygen atoms in total. The second kappa shape index (κ2) is 4.83. The van der Waals surface area contributed by atoms with Crippen LogP contribution in [0.5, 0.6) is 0 Å². The summed E-state index contributed by atoms with van der Waals surface area (Å²) in [6, 6.07) is 7.18. The number of nitrogens with one attached hydrogen (secondary N) is 1. The van der Waals surface area contributed by atoms with Crippen LogP contribution in [0.3, 0.4) is 0 Å². The number of fused-ring (bicyclic) bond motifs is 5. The molecule has 1 aromatic carbocycles. The molecule has 3 aliphatic carbocycles. The minimum Gasteiger partial charge on any atom is -0.481 e. The van der Waals surface area contributed by atoms with E-state index in [4.69, 9.17) is 5.11 Å². The molecule has 2 bridgehead atoms. The average molecular weight is 299 g/mol. The Morgan fingerprint density at radius 3 is 2.27 bits per heavy atom. The third-order valence-corrected chi connectivity index (χ3v) is 6.09. The molecule has 5 atom stereocenters. The third-order valence-electron chi connectivity index (χ3n) is 6.09. The van der Waals surface area contributed by atoms with Gasteiger partial charge in [-0.15, -0.1) is 0 Å². The Kier molecular flexibility index (Phi) is 3.03. The van der Waals surface area contributed by atoms with E-state index < -0.39 is 11.9 Å². The highest BCUT2D eigenvalue weighted by Gasteiger charge is 2.67. The number of rotatable bonds is 4. The van der Waals surface area contributed by atoms with Crippen LogP contribution in [-0.2, 0) is 9.59 Å². The van der Waals surface area contributed by atoms with Crippen molar-refractivity contribution in [2.45, 2.75) is 32.1 Å². The number of hydrogen-bond donors (Lipinski definition) is 2. The van der Waals surface area contributed by atoms with E-state index in [1.165, 1.54) is 19.3 Å². The molecule has 2 N–H and O–H groups in total. The Balaban J connectivity index is 1.40. The van der Waals surface area contributed by atoms with Gasteiger partial charge in [0.2, 0.25) is 5.91 Å². The molecular weight excluding hydrogens is 278 g/mol. The van der Waals surface area contributed by atoms with E-state index in [9.17, 15) is 9.59 Å². The molecule has 3 saturated carbocycles. The van der Waals surface area contributed by atoms with E-state index in [1.54, 1.807) is 31.2 Å². The lowest BCUT2D eigenvalue weighted by Gasteiger charge is -2.11. The molecule has 0 aromatic heterocycles. The number of carbonyl (C=O) groups is 2. The zero-order chi connectivity index (χ0) is 15.4. The van der Waals surface area contributed by atoms with Crippen molar-refractivity contribution in [3.05, 3.63) is 29.8 Å². The van der Waals surface area contributed by atoms with Crippen LogP contribution in [0.4, 0.5) is 5.69 Å². The van der Waals surface area contributed by atoms with E-state index in [0.717, 1.165) is 23.1 Å². The van der Waals surface area contributed by atoms with Crippen LogP contribution < -0.4 is 5.32 Å². The number of aliphatic carboxylic acids is 1. The number of benzene rings is 1. The molecule has 0 aliphatic heterocycles. The van der Waals surface area contributed by atoms with E-state index >= 15 is 0 Å². The normalized spacial score (nSPS) is 35.8. The van der Waals surface area contributed by atoms with Crippen LogP contribution in [0, 0.1) is 29.6 Å². The van der Waals surface area contributed by atoms with Crippen molar-refractivity contribution < 1.29 is 14.7 Å². The Morgan fingerprint density at radius 2 is 1.73 bits per heavy atom. The Bertz CT molecular complexity index is 608. The number of carboxylic acid groups (broad SMARTS) is 1. The van der Waals surface area contributed by atoms with E-state index in [-0.39, 0.29) is 11.8 Å². The van der Waals surface area contributed by atoms with Crippen LogP contribution in [-0.4, -0.2) is 17.0 Å². The lowest BCUT2D eigenvalue weighted by molar-refractivity contribution is -0.138. The van der Waals surface area contributed by atoms with Gasteiger partial charge in [0, 0.05) is 11.6 Å². The zero-order valence-electron chi connectivity index (χ0n) is 12.7. The fourth-order valence-electron chi connectivity index (χ4n) is 4.90. The molecule has 1 amide bonds. The first kappa shape index (κ1) is 13.8. The van der Waals surface area contributed by atoms with Crippen molar-refractivity contribution in [1.29, 1.82) is 0 Å². The van der Waals surface area contributed by atoms with Gasteiger partial charge in [-0.1, -0.05) is 12.1 Å². The second-order valence-electron chi connectivity index (χ2n) is 7.18. The van der Waals surface area contributed by atoms with E-state index in [0.29, 0.717) is 11.8 Å². The van der Waals surface area contributed by atoms with E-state index in [2.05, 4.69) is 5.32 Å². The molecule has 116 valence electrons. The zero-order valence-corrected chi connectivity index (χ0v) is 12.7. The second-order valence-corrected chi connectivity index (χ2v) is 7.18. The Labute approximate surface area is 129 Å². The molecule has 0 spiro atoms. The summed E-state index contributed by atoms with van der Waals surface area (Å²) in [6.07, 6.45) is 3.98. The van der Waals surface area contributed by atoms with Gasteiger partial charge in [0.05, 0.1) is 5.92 Å². The van der Waals surface area contributed by atoms with E-state index in [1.807, 2.05) is 0 Å². The summed E-state index contributed by atoms with van der Waals surface area (Å²) in [5.41, 5.74) is 1.52. The Morgan fingerprint density at radius 1 is 1.14 bits per heavy atom. The molecule has 0 radical (unpaired) electrons. The van der Waals surface area contributed by atoms with Crippen LogP contribution in [0.15, 0.2) is 24.3 Å². The monoisotopic (exact) mass is 299 g/mol. The number of carbonyl (C=O) groups excluding carboxylic acids is 1. The van der Waals surface area contributed by atoms with Crippen molar-refractivity contribution in [2.24, 2.45) is 29.6 Å². The highest BCUT2D eigenvalue weighted by atomic mass is 16.4. The predicted molar refractivity (Wildman–Crippen MR) is 82.4 cm³/mol. The van der Waals surface area contributed by atoms with Gasteiger partial charge < -0.3 is 10.4 Å². The minimum atomic E-state index is -0.835. The third kappa shape index (κ3) is 2.04. The van der Waals surface area contributed by atoms with Crippen LogP contribution in [0.2, 0.25) is 0 Å². The van der Waals surface area contributed by atoms with Crippen LogP contribution in [0.1, 0.15) is 37.7 Å². The molecule has 0 saturated heterocycles. The summed E-state index contributed by atoms with van der Waals surface area (Å²) in [6.45, 7) is 1.66. The van der Waals surface area contributed by atoms with Gasteiger partial charge in [-0.05, 0) is 67.6 Å². The summed E-state index contributed by atoms with van der Waals surface area (Å²) in [5, 5.41) is 12.0. The topological polar surface area (TPSA) is 66.4 Å². The highest BCUT2D eigenvalue weighted by molar-refractivity contribution is 5.95. The number of amides is 1. The van der Waals surface area contributed by atoms with Gasteiger partial charge in [0.25, 0.3) is 0 Å². The van der Waals surface area contributed by atoms with Crippen molar-refractivity contribution in [1.82, 2.24) is 0 Å². The summed E-state index contributed by atoms with van der Waals surface area (Å²) in [4.78, 5) is 23.4. The SMILES string of the molecule is CC(C(=O)O)c1ccc(NC(=O)C2C3C4CCC(C4)C23)cc1. The van der Waals surface area contributed by atoms with Crippen molar-refractivity contribution >= 4 is 17.6 Å². The molecule has 0 heterocycles. The molecule has 1 aromatic rings. The highest BCUT2D eigenvalue weighted by Crippen LogP contribution is 2.69. The van der Waals surface area contributed by atoms with Crippen LogP contribution in [0.25, 0.3) is 0 Å². The fourth-order valence-corrected chi connectivity index (χ4v) is 4.90. The first-order chi connectivity index (χ1) is 10.6. The fraction of sp³-hybridized carbons (Fsp3) is 0.556. The smallest absolute Gasteiger partial charge is 0.310 e. The lowest BCUT2D eigenvalue weighted by Crippen LogP contribution is -2.18. The maximum Gasteiger partial charge on any atom is 0.310 e. The summed E-state index contributed by atoms with van der Waals surface area (Å²) in [7, 11) is 0. The summed E-state index contributed by atoms with van der Waals surface area (Å²) >= 11 is 0. The maximum atomic E-state index is 12.4. The van der Waals surface area contributed by atoms with Gasteiger partial charge in [-0.25, -0.2) is 0 Å². The summed E-state index contributed by atoms with van der Waals surface area (Å²) < 4.78 is 0. The maximum absolute atomic E-state index is 12.4. The molecule has 5 unspecified atom stereocenters. The molecular formula is C18H21NO3. The first-order valence-electron chi connectivity index (χ1n) is 8.20. The molecule has 4 heteroatoms. The lowest BCUT2D eigenvalue weighted by atomic mass is 10.0. The van der Waals surface area contributed by atoms with Gasteiger partial charge in [0.1, 0.15) is 0 Å². The largest absolute Gasteiger partial charge is 0.481 e. The first-order valence-corrected chi connectivity index (χ1v) is 8.20. The number of carboxylic acids is 1. The summed E-state index contributed by atoms with van der Waals surface area (Å²) in [5.74, 6) is 1.90. The molecule has 3 aliphatic rings. The van der Waals surface area contributed by atoms with Crippen molar-refractivity contribution in [3.63, 3.8) is 0 Å². The standard InChI is InChI=1S/C18H21NO3/c1-9(18(21)22)10-4-6-13(7-5-10)19-17(20)16-14-11-2-3-12(8-11)15(14)16/h4-7,9,11-12,14-16H,2-3,8H2,1H3,(H,19,20)(H,21,22). The number of anilines is 1. The Hall–Kier alpha value is -1.84. The van der Waals surface area contributed by atoms with Gasteiger partial charge in [-0.3, -0.25) is 9.59 Å². The molecule has 3 fully saturated rings. The van der Waals surface area contributed by atoms with Gasteiger partial charge in [0.15, 0.2) is 0 Å².